The normalized spacial score (nSPS) is 21.2. The molecule has 0 bridgehead atoms. The summed E-state index contributed by atoms with van der Waals surface area (Å²) >= 11 is 0. The first kappa shape index (κ1) is 8.54. The topological polar surface area (TPSA) is 28.7 Å². The van der Waals surface area contributed by atoms with Gasteiger partial charge in [0.15, 0.2) is 0 Å². The van der Waals surface area contributed by atoms with E-state index in [-0.39, 0.29) is 0 Å². The van der Waals surface area contributed by atoms with Crippen LogP contribution >= 0.6 is 0 Å². The van der Waals surface area contributed by atoms with Gasteiger partial charge in [0, 0.05) is 0 Å². The summed E-state index contributed by atoms with van der Waals surface area (Å²) in [4.78, 5) is 7.21. The van der Waals surface area contributed by atoms with Crippen molar-refractivity contribution in [2.75, 3.05) is 0 Å². The van der Waals surface area contributed by atoms with Crippen molar-refractivity contribution in [1.82, 2.24) is 9.97 Å². The summed E-state index contributed by atoms with van der Waals surface area (Å²) in [5.41, 5.74) is 3.07. The Balaban J connectivity index is 2.22. The van der Waals surface area contributed by atoms with Crippen LogP contribution in [-0.4, -0.2) is 9.97 Å². The Labute approximate surface area is 79.1 Å². The minimum atomic E-state index is 0.454. The molecule has 0 atom stereocenters. The van der Waals surface area contributed by atoms with Crippen molar-refractivity contribution in [2.24, 2.45) is 5.41 Å². The second-order valence-corrected chi connectivity index (χ2v) is 4.57. The van der Waals surface area contributed by atoms with Crippen LogP contribution in [0.1, 0.15) is 38.8 Å². The molecule has 1 aromatic heterocycles. The van der Waals surface area contributed by atoms with Gasteiger partial charge in [-0.1, -0.05) is 19.9 Å². The molecule has 1 N–H and O–H groups in total. The molecule has 13 heavy (non-hydrogen) atoms. The average molecular weight is 176 g/mol. The number of hydrogen-bond acceptors (Lipinski definition) is 1. The van der Waals surface area contributed by atoms with Crippen LogP contribution in [0.4, 0.5) is 0 Å². The number of nitrogens with one attached hydrogen (secondary N) is 1. The van der Waals surface area contributed by atoms with E-state index in [4.69, 9.17) is 0 Å². The van der Waals surface area contributed by atoms with E-state index >= 15 is 0 Å². The fraction of sp³-hybridized carbons (Fsp3) is 0.545. The summed E-state index contributed by atoms with van der Waals surface area (Å²) in [5.74, 6) is 0. The molecule has 70 valence electrons. The van der Waals surface area contributed by atoms with E-state index in [2.05, 4.69) is 29.9 Å². The van der Waals surface area contributed by atoms with Gasteiger partial charge in [-0.05, 0) is 30.3 Å². The average Bonchev–Trinajstić information content (AvgIpc) is 2.53. The number of hydrogen-bond donors (Lipinski definition) is 1. The molecule has 2 heteroatoms. The number of imidazole rings is 1. The minimum Gasteiger partial charge on any atom is -0.345 e. The number of aromatic amines is 1. The van der Waals surface area contributed by atoms with Gasteiger partial charge in [-0.15, -0.1) is 0 Å². The maximum Gasteiger partial charge on any atom is 0.0924 e. The van der Waals surface area contributed by atoms with Gasteiger partial charge in [0.05, 0.1) is 18.2 Å². The standard InChI is InChI=1S/C11H16N2/c1-11(2)5-3-4-9(6-11)10-7-12-8-13-10/h4,7-8H,3,5-6H2,1-2H3,(H,12,13). The van der Waals surface area contributed by atoms with Gasteiger partial charge < -0.3 is 4.98 Å². The van der Waals surface area contributed by atoms with Gasteiger partial charge in [0.1, 0.15) is 0 Å². The SMILES string of the molecule is CC1(C)CCC=C(c2cnc[nH]2)C1. The molecule has 0 spiro atoms. The molecule has 2 rings (SSSR count). The minimum absolute atomic E-state index is 0.454. The summed E-state index contributed by atoms with van der Waals surface area (Å²) in [6, 6.07) is 0. The third-order valence-corrected chi connectivity index (χ3v) is 2.73. The highest BCUT2D eigenvalue weighted by molar-refractivity contribution is 5.63. The molecule has 0 radical (unpaired) electrons. The number of allylic oxidation sites excluding steroid dienone is 2. The lowest BCUT2D eigenvalue weighted by atomic mass is 9.77. The Morgan fingerprint density at radius 1 is 1.46 bits per heavy atom. The molecule has 0 saturated heterocycles. The smallest absolute Gasteiger partial charge is 0.0924 e. The molecule has 0 aromatic carbocycles. The van der Waals surface area contributed by atoms with Crippen LogP contribution in [0.15, 0.2) is 18.6 Å². The van der Waals surface area contributed by atoms with Crippen LogP contribution in [0, 0.1) is 5.41 Å². The Bertz CT molecular complexity index is 307. The van der Waals surface area contributed by atoms with Gasteiger partial charge in [0.25, 0.3) is 0 Å². The summed E-state index contributed by atoms with van der Waals surface area (Å²) in [7, 11) is 0. The molecule has 2 nitrogen and oxygen atoms in total. The third-order valence-electron chi connectivity index (χ3n) is 2.73. The Hall–Kier alpha value is -1.05. The summed E-state index contributed by atoms with van der Waals surface area (Å²) in [5, 5.41) is 0. The monoisotopic (exact) mass is 176 g/mol. The maximum atomic E-state index is 4.05. The number of nitrogens with zero attached hydrogens (tertiary/aromatic N) is 1. The Kier molecular flexibility index (Phi) is 1.98. The van der Waals surface area contributed by atoms with Gasteiger partial charge in [-0.3, -0.25) is 0 Å². The molecule has 1 aromatic rings. The first-order chi connectivity index (χ1) is 6.17. The van der Waals surface area contributed by atoms with Gasteiger partial charge in [0.2, 0.25) is 0 Å². The van der Waals surface area contributed by atoms with E-state index in [0.29, 0.717) is 5.41 Å². The number of aromatic nitrogens is 2. The van der Waals surface area contributed by atoms with Crippen LogP contribution in [0.5, 0.6) is 0 Å². The third kappa shape index (κ3) is 1.82. The van der Waals surface area contributed by atoms with Crippen LogP contribution < -0.4 is 0 Å². The molecule has 0 fully saturated rings. The highest BCUT2D eigenvalue weighted by atomic mass is 14.9. The first-order valence-corrected chi connectivity index (χ1v) is 4.85. The van der Waals surface area contributed by atoms with Crippen LogP contribution in [0.25, 0.3) is 5.57 Å². The predicted octanol–water partition coefficient (Wildman–Crippen LogP) is 3.00. The Morgan fingerprint density at radius 3 is 2.92 bits per heavy atom. The zero-order chi connectivity index (χ0) is 9.31. The Morgan fingerprint density at radius 2 is 2.31 bits per heavy atom. The molecule has 0 saturated carbocycles. The molecule has 1 heterocycles. The van der Waals surface area contributed by atoms with Crippen LogP contribution in [0.3, 0.4) is 0 Å². The first-order valence-electron chi connectivity index (χ1n) is 4.85. The van der Waals surface area contributed by atoms with Gasteiger partial charge in [-0.2, -0.15) is 0 Å². The highest BCUT2D eigenvalue weighted by Crippen LogP contribution is 2.38. The largest absolute Gasteiger partial charge is 0.345 e. The fourth-order valence-electron chi connectivity index (χ4n) is 1.95. The van der Waals surface area contributed by atoms with Gasteiger partial charge >= 0.3 is 0 Å². The summed E-state index contributed by atoms with van der Waals surface area (Å²) in [6.45, 7) is 4.66. The lowest BCUT2D eigenvalue weighted by molar-refractivity contribution is 0.337. The number of H-pyrrole nitrogens is 1. The molecule has 0 amide bonds. The zero-order valence-electron chi connectivity index (χ0n) is 8.30. The lowest BCUT2D eigenvalue weighted by Crippen LogP contribution is -2.15. The van der Waals surface area contributed by atoms with E-state index < -0.39 is 0 Å². The van der Waals surface area contributed by atoms with Crippen molar-refractivity contribution >= 4 is 5.57 Å². The molecular weight excluding hydrogens is 160 g/mol. The maximum absolute atomic E-state index is 4.05. The lowest BCUT2D eigenvalue weighted by Gasteiger charge is -2.29. The fourth-order valence-corrected chi connectivity index (χ4v) is 1.95. The number of rotatable bonds is 1. The van der Waals surface area contributed by atoms with E-state index in [1.54, 1.807) is 6.33 Å². The van der Waals surface area contributed by atoms with E-state index in [0.717, 1.165) is 6.42 Å². The van der Waals surface area contributed by atoms with Crippen molar-refractivity contribution in [2.45, 2.75) is 33.1 Å². The second-order valence-electron chi connectivity index (χ2n) is 4.57. The molecule has 1 aliphatic rings. The summed E-state index contributed by atoms with van der Waals surface area (Å²) < 4.78 is 0. The molecule has 1 aliphatic carbocycles. The highest BCUT2D eigenvalue weighted by Gasteiger charge is 2.23. The van der Waals surface area contributed by atoms with E-state index in [1.807, 2.05) is 6.20 Å². The second kappa shape index (κ2) is 3.02. The van der Waals surface area contributed by atoms with Gasteiger partial charge in [-0.25, -0.2) is 4.98 Å². The van der Waals surface area contributed by atoms with Crippen molar-refractivity contribution in [3.8, 4) is 0 Å². The molecule has 0 unspecified atom stereocenters. The van der Waals surface area contributed by atoms with E-state index in [9.17, 15) is 0 Å². The molecule has 0 aliphatic heterocycles. The van der Waals surface area contributed by atoms with Crippen LogP contribution in [-0.2, 0) is 0 Å². The summed E-state index contributed by atoms with van der Waals surface area (Å²) in [6.07, 6.45) is 9.64. The van der Waals surface area contributed by atoms with E-state index in [1.165, 1.54) is 24.1 Å². The van der Waals surface area contributed by atoms with Crippen LogP contribution in [0.2, 0.25) is 0 Å². The predicted molar refractivity (Wildman–Crippen MR) is 54.2 cm³/mol. The van der Waals surface area contributed by atoms with Crippen molar-refractivity contribution in [3.05, 3.63) is 24.3 Å². The van der Waals surface area contributed by atoms with Crippen molar-refractivity contribution < 1.29 is 0 Å². The zero-order valence-corrected chi connectivity index (χ0v) is 8.30. The van der Waals surface area contributed by atoms with Crippen molar-refractivity contribution in [1.29, 1.82) is 0 Å². The van der Waals surface area contributed by atoms with Crippen molar-refractivity contribution in [3.63, 3.8) is 0 Å². The quantitative estimate of drug-likeness (QED) is 0.700. The molecular formula is C11H16N2.